The Labute approximate surface area is 158 Å². The van der Waals surface area contributed by atoms with Gasteiger partial charge in [0.2, 0.25) is 0 Å². The van der Waals surface area contributed by atoms with Crippen molar-refractivity contribution < 1.29 is 37.3 Å². The zero-order chi connectivity index (χ0) is 20.1. The predicted molar refractivity (Wildman–Crippen MR) is 89.0 cm³/mol. The van der Waals surface area contributed by atoms with Gasteiger partial charge in [-0.05, 0) is 31.4 Å². The lowest BCUT2D eigenvalue weighted by molar-refractivity contribution is -0.141. The molecule has 28 heavy (non-hydrogen) atoms. The second kappa shape index (κ2) is 6.97. The van der Waals surface area contributed by atoms with Crippen molar-refractivity contribution >= 4 is 17.3 Å². The Morgan fingerprint density at radius 1 is 1.21 bits per heavy atom. The smallest absolute Gasteiger partial charge is 0.433 e. The van der Waals surface area contributed by atoms with Gasteiger partial charge in [-0.25, -0.2) is 4.98 Å². The second-order valence-electron chi connectivity index (χ2n) is 7.32. The third-order valence-electron chi connectivity index (χ3n) is 5.37. The molecule has 6 nitrogen and oxygen atoms in total. The third kappa shape index (κ3) is 3.56. The lowest BCUT2D eigenvalue weighted by Gasteiger charge is -2.21. The van der Waals surface area contributed by atoms with Crippen LogP contribution in [0.1, 0.15) is 36.2 Å². The molecule has 0 aromatic carbocycles. The fourth-order valence-electron chi connectivity index (χ4n) is 3.79. The van der Waals surface area contributed by atoms with E-state index in [0.717, 1.165) is 6.07 Å². The van der Waals surface area contributed by atoms with Crippen LogP contribution in [-0.2, 0) is 31.8 Å². The number of fused-ring (bicyclic) bond motifs is 2. The first-order chi connectivity index (χ1) is 13.3. The molecule has 0 amide bonds. The molecule has 1 N–H and O–H groups in total. The van der Waals surface area contributed by atoms with E-state index < -0.39 is 29.2 Å². The average Bonchev–Trinajstić information content (AvgIpc) is 3.34. The van der Waals surface area contributed by atoms with Gasteiger partial charge in [0.1, 0.15) is 23.1 Å². The molecule has 4 rings (SSSR count). The highest BCUT2D eigenvalue weighted by Gasteiger charge is 2.45. The number of epoxide rings is 1. The van der Waals surface area contributed by atoms with E-state index in [2.05, 4.69) is 4.98 Å². The van der Waals surface area contributed by atoms with Crippen LogP contribution in [0.3, 0.4) is 0 Å². The van der Waals surface area contributed by atoms with Gasteiger partial charge in [-0.15, -0.1) is 0 Å². The van der Waals surface area contributed by atoms with Crippen molar-refractivity contribution in [3.8, 4) is 0 Å². The highest BCUT2D eigenvalue weighted by Crippen LogP contribution is 2.42. The summed E-state index contributed by atoms with van der Waals surface area (Å²) < 4.78 is 49.5. The summed E-state index contributed by atoms with van der Waals surface area (Å²) in [7, 11) is 0. The van der Waals surface area contributed by atoms with Crippen molar-refractivity contribution in [3.63, 3.8) is 0 Å². The zero-order valence-electron chi connectivity index (χ0n) is 14.8. The molecule has 1 aromatic rings. The van der Waals surface area contributed by atoms with Crippen LogP contribution in [0, 0.1) is 11.8 Å². The van der Waals surface area contributed by atoms with Crippen LogP contribution in [-0.4, -0.2) is 41.0 Å². The van der Waals surface area contributed by atoms with Gasteiger partial charge in [-0.2, -0.15) is 13.2 Å². The van der Waals surface area contributed by atoms with Gasteiger partial charge in [0.05, 0.1) is 25.5 Å². The summed E-state index contributed by atoms with van der Waals surface area (Å²) >= 11 is 0. The first-order valence-corrected chi connectivity index (χ1v) is 9.04. The number of hydrogen-bond donors (Lipinski definition) is 1. The topological polar surface area (TPSA) is 89.0 Å². The van der Waals surface area contributed by atoms with Crippen molar-refractivity contribution in [2.24, 2.45) is 11.8 Å². The first-order valence-electron chi connectivity index (χ1n) is 9.04. The minimum atomic E-state index is -4.68. The number of carbonyl (C=O) groups is 2. The predicted octanol–water partition coefficient (Wildman–Crippen LogP) is 2.85. The minimum Gasteiger partial charge on any atom is -0.506 e. The van der Waals surface area contributed by atoms with Crippen LogP contribution in [0.2, 0.25) is 0 Å². The Morgan fingerprint density at radius 3 is 2.43 bits per heavy atom. The van der Waals surface area contributed by atoms with Gasteiger partial charge < -0.3 is 14.6 Å². The molecule has 3 unspecified atom stereocenters. The number of rotatable bonds is 5. The highest BCUT2D eigenvalue weighted by molar-refractivity contribution is 6.27. The van der Waals surface area contributed by atoms with Crippen LogP contribution >= 0.6 is 0 Å². The maximum atomic E-state index is 13.0. The normalized spacial score (nSPS) is 26.7. The maximum Gasteiger partial charge on any atom is 0.433 e. The van der Waals surface area contributed by atoms with Gasteiger partial charge >= 0.3 is 6.18 Å². The third-order valence-corrected chi connectivity index (χ3v) is 5.37. The van der Waals surface area contributed by atoms with Crippen molar-refractivity contribution in [1.82, 2.24) is 4.98 Å². The van der Waals surface area contributed by atoms with Crippen LogP contribution in [0.25, 0.3) is 5.76 Å². The maximum absolute atomic E-state index is 13.0. The minimum absolute atomic E-state index is 0.0947. The second-order valence-corrected chi connectivity index (χ2v) is 7.32. The van der Waals surface area contributed by atoms with Gasteiger partial charge in [-0.3, -0.25) is 9.59 Å². The molecule has 2 saturated carbocycles. The van der Waals surface area contributed by atoms with Crippen LogP contribution in [0.15, 0.2) is 17.7 Å². The molecule has 9 heteroatoms. The quantitative estimate of drug-likeness (QED) is 0.356. The van der Waals surface area contributed by atoms with Crippen molar-refractivity contribution in [2.75, 3.05) is 13.2 Å². The van der Waals surface area contributed by atoms with Gasteiger partial charge in [-0.1, -0.05) is 0 Å². The number of aliphatic hydroxyl groups excluding tert-OH is 1. The fraction of sp³-hybridized carbons (Fsp3) is 0.526. The molecule has 1 aromatic heterocycles. The Morgan fingerprint density at radius 2 is 1.86 bits per heavy atom. The first kappa shape index (κ1) is 19.1. The summed E-state index contributed by atoms with van der Waals surface area (Å²) in [4.78, 5) is 28.7. The van der Waals surface area contributed by atoms with Gasteiger partial charge in [0.25, 0.3) is 0 Å². The van der Waals surface area contributed by atoms with Crippen LogP contribution in [0.4, 0.5) is 13.2 Å². The molecule has 2 heterocycles. The molecule has 3 atom stereocenters. The Kier molecular flexibility index (Phi) is 4.75. The standard InChI is InChI=1S/C19H18F3NO5/c20-19(21,22)14-4-3-12(13(23-14)8-27-6-11-7-28-11)18(26)15-16(24)9-1-2-10(5-9)17(15)25/h3-4,9-11,26H,1-2,5-8H2. The average molecular weight is 397 g/mol. The molecule has 1 saturated heterocycles. The summed E-state index contributed by atoms with van der Waals surface area (Å²) in [6.07, 6.45) is -3.15. The SMILES string of the molecule is O=C1C(=C(O)c2ccc(C(F)(F)F)nc2COCC2CO2)C(=O)C2CCC1C2. The molecule has 3 aliphatic rings. The number of allylic oxidation sites excluding steroid dienone is 1. The Balaban J connectivity index is 1.72. The largest absolute Gasteiger partial charge is 0.506 e. The van der Waals surface area contributed by atoms with Crippen molar-refractivity contribution in [1.29, 1.82) is 0 Å². The number of alkyl halides is 3. The lowest BCUT2D eigenvalue weighted by atomic mass is 9.81. The molecule has 2 bridgehead atoms. The molecule has 0 radical (unpaired) electrons. The number of aromatic nitrogens is 1. The molecule has 3 fully saturated rings. The number of carbonyl (C=O) groups excluding carboxylic acids is 2. The number of hydrogen-bond acceptors (Lipinski definition) is 6. The monoisotopic (exact) mass is 397 g/mol. The highest BCUT2D eigenvalue weighted by atomic mass is 19.4. The summed E-state index contributed by atoms with van der Waals surface area (Å²) in [6.45, 7) is 0.381. The summed E-state index contributed by atoms with van der Waals surface area (Å²) in [5.41, 5.74) is -1.74. The van der Waals surface area contributed by atoms with Crippen LogP contribution in [0.5, 0.6) is 0 Å². The van der Waals surface area contributed by atoms with Crippen molar-refractivity contribution in [2.45, 2.75) is 38.1 Å². The molecule has 2 aliphatic carbocycles. The molecule has 0 spiro atoms. The molecule has 1 aliphatic heterocycles. The summed E-state index contributed by atoms with van der Waals surface area (Å²) in [5, 5.41) is 10.7. The Hall–Kier alpha value is -2.26. The van der Waals surface area contributed by atoms with E-state index in [9.17, 15) is 27.9 Å². The lowest BCUT2D eigenvalue weighted by Crippen LogP contribution is -2.30. The summed E-state index contributed by atoms with van der Waals surface area (Å²) in [6, 6.07) is 1.74. The van der Waals surface area contributed by atoms with Crippen molar-refractivity contribution in [3.05, 3.63) is 34.7 Å². The van der Waals surface area contributed by atoms with E-state index in [-0.39, 0.29) is 48.0 Å². The molecule has 150 valence electrons. The van der Waals surface area contributed by atoms with E-state index in [0.29, 0.717) is 31.9 Å². The summed E-state index contributed by atoms with van der Waals surface area (Å²) in [5.74, 6) is -2.17. The van der Waals surface area contributed by atoms with Gasteiger partial charge in [0.15, 0.2) is 11.6 Å². The number of aliphatic hydroxyl groups is 1. The van der Waals surface area contributed by atoms with E-state index in [1.54, 1.807) is 0 Å². The van der Waals surface area contributed by atoms with Crippen LogP contribution < -0.4 is 0 Å². The fourth-order valence-corrected chi connectivity index (χ4v) is 3.79. The number of ketones is 2. The molecular weight excluding hydrogens is 379 g/mol. The molecular formula is C19H18F3NO5. The number of ether oxygens (including phenoxy) is 2. The number of pyridine rings is 1. The number of nitrogens with zero attached hydrogens (tertiary/aromatic N) is 1. The zero-order valence-corrected chi connectivity index (χ0v) is 14.8. The van der Waals surface area contributed by atoms with E-state index in [1.165, 1.54) is 0 Å². The van der Waals surface area contributed by atoms with E-state index >= 15 is 0 Å². The van der Waals surface area contributed by atoms with E-state index in [1.807, 2.05) is 0 Å². The van der Waals surface area contributed by atoms with Gasteiger partial charge in [0, 0.05) is 17.4 Å². The van der Waals surface area contributed by atoms with E-state index in [4.69, 9.17) is 9.47 Å². The number of Topliss-reactive ketones (excluding diaryl/α,β-unsaturated/α-hetero) is 2. The Bertz CT molecular complexity index is 836. The number of halogens is 3.